The minimum atomic E-state index is -1.19. The summed E-state index contributed by atoms with van der Waals surface area (Å²) in [6.45, 7) is -0.320. The fourth-order valence-electron chi connectivity index (χ4n) is 4.15. The Kier molecular flexibility index (Phi) is 9.29. The standard InChI is InChI=1S/C18H30BN3O6S/c20-13(18(26)27)7-8-15(23)22-14(10-29)17(25)21-9-16(24)28-19-11-3-1-4-12(19)6-2-5-11/h11-14,29H,1-10,20H2,(H,21,25)(H,22,23)(H,26,27)/t11?,12?,13-,14-/m0/s1. The second-order valence-corrected chi connectivity index (χ2v) is 8.21. The second-order valence-electron chi connectivity index (χ2n) is 7.84. The van der Waals surface area contributed by atoms with Gasteiger partial charge in [-0.3, -0.25) is 19.2 Å². The van der Waals surface area contributed by atoms with Crippen molar-refractivity contribution in [2.45, 2.75) is 75.1 Å². The van der Waals surface area contributed by atoms with E-state index < -0.39 is 35.8 Å². The maximum Gasteiger partial charge on any atom is 0.367 e. The zero-order valence-corrected chi connectivity index (χ0v) is 17.4. The number of nitrogens with two attached hydrogens (primary N) is 1. The molecule has 162 valence electrons. The van der Waals surface area contributed by atoms with Gasteiger partial charge in [0.25, 0.3) is 0 Å². The number of aliphatic carboxylic acids is 1. The molecule has 0 aliphatic carbocycles. The van der Waals surface area contributed by atoms with E-state index in [0.717, 1.165) is 25.7 Å². The lowest BCUT2D eigenvalue weighted by atomic mass is 9.38. The topological polar surface area (TPSA) is 148 Å². The lowest BCUT2D eigenvalue weighted by Crippen LogP contribution is -2.50. The monoisotopic (exact) mass is 427 g/mol. The highest BCUT2D eigenvalue weighted by molar-refractivity contribution is 7.80. The van der Waals surface area contributed by atoms with Crippen LogP contribution in [-0.4, -0.2) is 60.2 Å². The van der Waals surface area contributed by atoms with E-state index in [1.54, 1.807) is 0 Å². The van der Waals surface area contributed by atoms with Crippen molar-refractivity contribution in [1.82, 2.24) is 10.6 Å². The van der Waals surface area contributed by atoms with Crippen molar-refractivity contribution in [2.24, 2.45) is 5.73 Å². The summed E-state index contributed by atoms with van der Waals surface area (Å²) < 4.78 is 5.66. The molecule has 0 radical (unpaired) electrons. The molecule has 2 saturated heterocycles. The largest absolute Gasteiger partial charge is 0.534 e. The Morgan fingerprint density at radius 3 is 2.24 bits per heavy atom. The van der Waals surface area contributed by atoms with Gasteiger partial charge in [0.1, 0.15) is 18.6 Å². The van der Waals surface area contributed by atoms with E-state index in [2.05, 4.69) is 23.3 Å². The number of fused-ring (bicyclic) bond motifs is 2. The Bertz CT molecular complexity index is 600. The van der Waals surface area contributed by atoms with Crippen LogP contribution in [0.2, 0.25) is 11.6 Å². The third-order valence-corrected chi connectivity index (χ3v) is 6.10. The van der Waals surface area contributed by atoms with Crippen molar-refractivity contribution < 1.29 is 28.9 Å². The predicted octanol–water partition coefficient (Wildman–Crippen LogP) is 0.352. The molecule has 2 aliphatic rings. The Hall–Kier alpha value is -1.75. The minimum Gasteiger partial charge on any atom is -0.534 e. The van der Waals surface area contributed by atoms with Gasteiger partial charge < -0.3 is 26.1 Å². The molecule has 2 aliphatic heterocycles. The van der Waals surface area contributed by atoms with Gasteiger partial charge in [0.05, 0.1) is 0 Å². The van der Waals surface area contributed by atoms with Crippen LogP contribution < -0.4 is 16.4 Å². The van der Waals surface area contributed by atoms with Crippen LogP contribution in [0.15, 0.2) is 0 Å². The lowest BCUT2D eigenvalue weighted by molar-refractivity contribution is -0.139. The van der Waals surface area contributed by atoms with E-state index in [1.165, 1.54) is 12.8 Å². The molecule has 2 rings (SSSR count). The van der Waals surface area contributed by atoms with Gasteiger partial charge in [-0.2, -0.15) is 12.6 Å². The van der Waals surface area contributed by atoms with E-state index in [0.29, 0.717) is 11.6 Å². The second kappa shape index (κ2) is 11.4. The third kappa shape index (κ3) is 7.22. The van der Waals surface area contributed by atoms with Crippen LogP contribution >= 0.6 is 12.6 Å². The highest BCUT2D eigenvalue weighted by atomic mass is 32.1. The van der Waals surface area contributed by atoms with Crippen molar-refractivity contribution in [3.63, 3.8) is 0 Å². The van der Waals surface area contributed by atoms with Crippen molar-refractivity contribution in [1.29, 1.82) is 0 Å². The van der Waals surface area contributed by atoms with Crippen molar-refractivity contribution in [2.75, 3.05) is 12.3 Å². The maximum absolute atomic E-state index is 12.2. The molecule has 2 bridgehead atoms. The molecule has 2 atom stereocenters. The van der Waals surface area contributed by atoms with Crippen molar-refractivity contribution in [3.8, 4) is 0 Å². The molecule has 0 spiro atoms. The van der Waals surface area contributed by atoms with Crippen LogP contribution in [0.4, 0.5) is 0 Å². The quantitative estimate of drug-likeness (QED) is 0.250. The number of carbonyl (C=O) groups is 4. The first-order valence-corrected chi connectivity index (χ1v) is 10.8. The van der Waals surface area contributed by atoms with E-state index in [9.17, 15) is 19.2 Å². The Labute approximate surface area is 176 Å². The SMILES string of the molecule is N[C@@H](CCC(=O)N[C@@H](CS)C(=O)NCC(=O)OB1C2CCCC1CCC2)C(=O)O. The maximum atomic E-state index is 12.2. The Balaban J connectivity index is 1.73. The summed E-state index contributed by atoms with van der Waals surface area (Å²) in [6.07, 6.45) is 6.53. The first-order valence-electron chi connectivity index (χ1n) is 10.2. The van der Waals surface area contributed by atoms with E-state index in [1.807, 2.05) is 0 Å². The highest BCUT2D eigenvalue weighted by Crippen LogP contribution is 2.46. The van der Waals surface area contributed by atoms with Crippen LogP contribution in [0.5, 0.6) is 0 Å². The number of carboxylic acids is 1. The van der Waals surface area contributed by atoms with Gasteiger partial charge in [0, 0.05) is 12.2 Å². The highest BCUT2D eigenvalue weighted by Gasteiger charge is 2.43. The molecule has 2 heterocycles. The van der Waals surface area contributed by atoms with Gasteiger partial charge in [0.15, 0.2) is 0 Å². The van der Waals surface area contributed by atoms with Gasteiger partial charge in [-0.25, -0.2) is 0 Å². The molecule has 2 fully saturated rings. The summed E-state index contributed by atoms with van der Waals surface area (Å²) in [5.41, 5.74) is 5.35. The molecule has 5 N–H and O–H groups in total. The average Bonchev–Trinajstić information content (AvgIpc) is 2.68. The van der Waals surface area contributed by atoms with Crippen LogP contribution in [0.1, 0.15) is 51.4 Å². The van der Waals surface area contributed by atoms with Crippen LogP contribution in [0.25, 0.3) is 0 Å². The number of nitrogens with one attached hydrogen (secondary N) is 2. The lowest BCUT2D eigenvalue weighted by Gasteiger charge is -2.38. The fraction of sp³-hybridized carbons (Fsp3) is 0.778. The summed E-state index contributed by atoms with van der Waals surface area (Å²) >= 11 is 4.05. The van der Waals surface area contributed by atoms with Gasteiger partial charge in [0.2, 0.25) is 11.8 Å². The number of carboxylic acid groups (broad SMARTS) is 1. The summed E-state index contributed by atoms with van der Waals surface area (Å²) in [4.78, 5) is 47.0. The molecular formula is C18H30BN3O6S. The molecule has 11 heteroatoms. The molecule has 29 heavy (non-hydrogen) atoms. The van der Waals surface area contributed by atoms with Crippen molar-refractivity contribution >= 4 is 43.3 Å². The minimum absolute atomic E-state index is 0.0321. The molecule has 0 aromatic heterocycles. The number of hydrogen-bond acceptors (Lipinski definition) is 7. The summed E-state index contributed by atoms with van der Waals surface area (Å²) in [7, 11) is 0. The molecule has 0 aromatic carbocycles. The predicted molar refractivity (Wildman–Crippen MR) is 111 cm³/mol. The van der Waals surface area contributed by atoms with Crippen molar-refractivity contribution in [3.05, 3.63) is 0 Å². The van der Waals surface area contributed by atoms with E-state index in [4.69, 9.17) is 15.5 Å². The van der Waals surface area contributed by atoms with E-state index in [-0.39, 0.29) is 32.1 Å². The van der Waals surface area contributed by atoms with Crippen LogP contribution in [0.3, 0.4) is 0 Å². The normalized spacial score (nSPS) is 22.9. The van der Waals surface area contributed by atoms with Gasteiger partial charge in [-0.1, -0.05) is 38.5 Å². The van der Waals surface area contributed by atoms with Gasteiger partial charge >= 0.3 is 18.9 Å². The van der Waals surface area contributed by atoms with Crippen LogP contribution in [-0.2, 0) is 23.8 Å². The first-order chi connectivity index (χ1) is 13.8. The summed E-state index contributed by atoms with van der Waals surface area (Å²) in [6, 6.07) is -2.08. The number of thiol groups is 1. The number of rotatable bonds is 10. The molecular weight excluding hydrogens is 397 g/mol. The smallest absolute Gasteiger partial charge is 0.367 e. The number of amides is 2. The third-order valence-electron chi connectivity index (χ3n) is 5.74. The van der Waals surface area contributed by atoms with Gasteiger partial charge in [-0.15, -0.1) is 0 Å². The number of hydrogen-bond donors (Lipinski definition) is 5. The summed E-state index contributed by atoms with van der Waals surface area (Å²) in [5.74, 6) is -1.84. The fourth-order valence-corrected chi connectivity index (χ4v) is 4.41. The zero-order chi connectivity index (χ0) is 21.4. The molecule has 0 aromatic rings. The van der Waals surface area contributed by atoms with E-state index >= 15 is 0 Å². The molecule has 0 unspecified atom stereocenters. The average molecular weight is 427 g/mol. The Morgan fingerprint density at radius 1 is 1.14 bits per heavy atom. The van der Waals surface area contributed by atoms with Crippen LogP contribution in [0, 0.1) is 0 Å². The zero-order valence-electron chi connectivity index (χ0n) is 16.5. The van der Waals surface area contributed by atoms with Gasteiger partial charge in [-0.05, 0) is 18.1 Å². The first kappa shape index (κ1) is 23.5. The summed E-state index contributed by atoms with van der Waals surface area (Å²) in [5, 5.41) is 13.7. The molecule has 9 nitrogen and oxygen atoms in total. The number of carbonyl (C=O) groups excluding carboxylic acids is 3. The molecule has 0 saturated carbocycles. The molecule has 2 amide bonds. The Morgan fingerprint density at radius 2 is 1.72 bits per heavy atom.